The SMILES string of the molecule is O=C1C[C@@H](c2ccc(O)cc2)Oc2cc(O[C@@H]3O[C@H](CO)[C@@H](O)[C@H](O)[C@H]3O)c(O[C@@H]3O[C@H](CO)[C@@H](O)[C@H](O)[C@H]3O)c(O)c21. The van der Waals surface area contributed by atoms with Crippen molar-refractivity contribution in [2.75, 3.05) is 13.2 Å². The minimum absolute atomic E-state index is 0.0193. The van der Waals surface area contributed by atoms with E-state index in [-0.39, 0.29) is 23.5 Å². The summed E-state index contributed by atoms with van der Waals surface area (Å²) in [5.41, 5.74) is 0.144. The summed E-state index contributed by atoms with van der Waals surface area (Å²) >= 11 is 0. The van der Waals surface area contributed by atoms with Gasteiger partial charge in [0.05, 0.1) is 19.6 Å². The first-order valence-corrected chi connectivity index (χ1v) is 13.3. The molecule has 0 amide bonds. The minimum Gasteiger partial charge on any atom is -0.508 e. The topological polar surface area (TPSA) is 266 Å². The van der Waals surface area contributed by atoms with Gasteiger partial charge in [0.1, 0.15) is 72.0 Å². The maximum atomic E-state index is 13.2. The second-order valence-electron chi connectivity index (χ2n) is 10.4. The third-order valence-corrected chi connectivity index (χ3v) is 7.54. The first-order chi connectivity index (χ1) is 20.4. The predicted octanol–water partition coefficient (Wildman–Crippen LogP) is -2.84. The molecule has 0 unspecified atom stereocenters. The number of aliphatic hydroxyl groups is 8. The third-order valence-electron chi connectivity index (χ3n) is 7.54. The Morgan fingerprint density at radius 1 is 0.744 bits per heavy atom. The van der Waals surface area contributed by atoms with Gasteiger partial charge in [0.25, 0.3) is 0 Å². The lowest BCUT2D eigenvalue weighted by molar-refractivity contribution is -0.282. The summed E-state index contributed by atoms with van der Waals surface area (Å²) in [6.45, 7) is -1.57. The smallest absolute Gasteiger partial charge is 0.229 e. The number of hydrogen-bond donors (Lipinski definition) is 10. The van der Waals surface area contributed by atoms with Crippen LogP contribution in [-0.4, -0.2) is 131 Å². The molecule has 16 nitrogen and oxygen atoms in total. The zero-order chi connectivity index (χ0) is 31.2. The Kier molecular flexibility index (Phi) is 8.96. The number of ketones is 1. The zero-order valence-corrected chi connectivity index (χ0v) is 22.3. The van der Waals surface area contributed by atoms with E-state index in [2.05, 4.69) is 0 Å². The highest BCUT2D eigenvalue weighted by molar-refractivity contribution is 6.03. The highest BCUT2D eigenvalue weighted by Gasteiger charge is 2.48. The molecule has 3 heterocycles. The molecule has 5 rings (SSSR count). The molecule has 11 atom stereocenters. The Labute approximate surface area is 243 Å². The van der Waals surface area contributed by atoms with Crippen LogP contribution in [0.5, 0.6) is 28.7 Å². The average Bonchev–Trinajstić information content (AvgIpc) is 2.99. The molecular weight excluding hydrogens is 580 g/mol. The molecule has 16 heteroatoms. The molecule has 0 aromatic heterocycles. The number of benzene rings is 2. The fraction of sp³-hybridized carbons (Fsp3) is 0.519. The van der Waals surface area contributed by atoms with E-state index in [0.29, 0.717) is 5.56 Å². The summed E-state index contributed by atoms with van der Waals surface area (Å²) in [5.74, 6) is -2.91. The molecule has 2 saturated heterocycles. The molecular formula is C27H32O16. The summed E-state index contributed by atoms with van der Waals surface area (Å²) in [6, 6.07) is 6.92. The molecule has 0 radical (unpaired) electrons. The van der Waals surface area contributed by atoms with Gasteiger partial charge >= 0.3 is 0 Å². The molecule has 43 heavy (non-hydrogen) atoms. The van der Waals surface area contributed by atoms with E-state index in [0.717, 1.165) is 6.07 Å². The number of Topliss-reactive ketones (excluding diaryl/α,β-unsaturated/α-hetero) is 1. The van der Waals surface area contributed by atoms with Gasteiger partial charge in [-0.15, -0.1) is 0 Å². The van der Waals surface area contributed by atoms with Gasteiger partial charge in [-0.2, -0.15) is 0 Å². The van der Waals surface area contributed by atoms with E-state index < -0.39 is 104 Å². The molecule has 0 saturated carbocycles. The van der Waals surface area contributed by atoms with Crippen LogP contribution in [0.15, 0.2) is 30.3 Å². The van der Waals surface area contributed by atoms with Crippen molar-refractivity contribution in [3.63, 3.8) is 0 Å². The van der Waals surface area contributed by atoms with Gasteiger partial charge in [-0.05, 0) is 17.7 Å². The molecule has 2 aromatic rings. The number of phenols is 2. The average molecular weight is 613 g/mol. The molecule has 10 N–H and O–H groups in total. The molecule has 2 fully saturated rings. The number of aliphatic hydroxyl groups excluding tert-OH is 8. The van der Waals surface area contributed by atoms with Crippen LogP contribution in [0.2, 0.25) is 0 Å². The number of ether oxygens (including phenoxy) is 5. The number of hydrogen-bond acceptors (Lipinski definition) is 16. The molecule has 0 spiro atoms. The second kappa shape index (κ2) is 12.4. The summed E-state index contributed by atoms with van der Waals surface area (Å²) in [5, 5.41) is 102. The normalized spacial score (nSPS) is 36.0. The summed E-state index contributed by atoms with van der Waals surface area (Å²) in [6.07, 6.45) is -18.5. The van der Waals surface area contributed by atoms with Crippen molar-refractivity contribution in [3.8, 4) is 28.7 Å². The zero-order valence-electron chi connectivity index (χ0n) is 22.3. The Hall–Kier alpha value is -3.29. The standard InChI is InChI=1S/C27H32O16/c28-7-15-18(32)21(35)23(37)26(41-15)40-14-6-13-17(11(31)5-12(39-13)9-1-3-10(30)4-2-9)20(34)25(14)43-27-24(38)22(36)19(33)16(8-29)42-27/h1-4,6,12,15-16,18-19,21-24,26-30,32-38H,5,7-8H2/t12-,15+,16+,18+,19+,21-,22-,23+,24+,26+,27-/m0/s1. The van der Waals surface area contributed by atoms with Crippen molar-refractivity contribution in [1.29, 1.82) is 0 Å². The number of fused-ring (bicyclic) bond motifs is 1. The van der Waals surface area contributed by atoms with E-state index in [1.54, 1.807) is 0 Å². The van der Waals surface area contributed by atoms with Crippen LogP contribution < -0.4 is 14.2 Å². The van der Waals surface area contributed by atoms with Crippen LogP contribution >= 0.6 is 0 Å². The minimum atomic E-state index is -1.93. The second-order valence-corrected chi connectivity index (χ2v) is 10.4. The number of aromatic hydroxyl groups is 2. The van der Waals surface area contributed by atoms with Crippen LogP contribution in [0.25, 0.3) is 0 Å². The number of carbonyl (C=O) groups is 1. The van der Waals surface area contributed by atoms with Gasteiger partial charge < -0.3 is 74.7 Å². The van der Waals surface area contributed by atoms with E-state index in [1.165, 1.54) is 24.3 Å². The lowest BCUT2D eigenvalue weighted by atomic mass is 9.95. The summed E-state index contributed by atoms with van der Waals surface area (Å²) in [4.78, 5) is 13.2. The fourth-order valence-corrected chi connectivity index (χ4v) is 5.08. The van der Waals surface area contributed by atoms with Crippen molar-refractivity contribution in [1.82, 2.24) is 0 Å². The van der Waals surface area contributed by atoms with Gasteiger partial charge in [0.15, 0.2) is 17.3 Å². The molecule has 2 aromatic carbocycles. The largest absolute Gasteiger partial charge is 0.508 e. The Morgan fingerprint density at radius 2 is 1.28 bits per heavy atom. The molecule has 3 aliphatic heterocycles. The molecule has 236 valence electrons. The Balaban J connectivity index is 1.55. The fourth-order valence-electron chi connectivity index (χ4n) is 5.08. The molecule has 3 aliphatic rings. The maximum absolute atomic E-state index is 13.2. The van der Waals surface area contributed by atoms with Crippen LogP contribution in [-0.2, 0) is 9.47 Å². The number of carbonyl (C=O) groups excluding carboxylic acids is 1. The van der Waals surface area contributed by atoms with E-state index in [1.807, 2.05) is 0 Å². The molecule has 0 bridgehead atoms. The van der Waals surface area contributed by atoms with Crippen molar-refractivity contribution >= 4 is 5.78 Å². The lowest BCUT2D eigenvalue weighted by Crippen LogP contribution is -2.60. The number of rotatable bonds is 7. The van der Waals surface area contributed by atoms with E-state index in [9.17, 15) is 55.9 Å². The molecule has 0 aliphatic carbocycles. The van der Waals surface area contributed by atoms with E-state index in [4.69, 9.17) is 23.7 Å². The van der Waals surface area contributed by atoms with Crippen LogP contribution in [0.3, 0.4) is 0 Å². The van der Waals surface area contributed by atoms with Gasteiger partial charge in [-0.1, -0.05) is 12.1 Å². The van der Waals surface area contributed by atoms with Crippen molar-refractivity contribution in [2.45, 2.75) is 73.9 Å². The highest BCUT2D eigenvalue weighted by atomic mass is 16.7. The first kappa shape index (κ1) is 31.1. The van der Waals surface area contributed by atoms with Crippen molar-refractivity contribution in [3.05, 3.63) is 41.5 Å². The summed E-state index contributed by atoms with van der Waals surface area (Å²) in [7, 11) is 0. The highest BCUT2D eigenvalue weighted by Crippen LogP contribution is 2.50. The Bertz CT molecular complexity index is 1300. The third kappa shape index (κ3) is 5.82. The van der Waals surface area contributed by atoms with Crippen LogP contribution in [0.1, 0.15) is 28.4 Å². The lowest BCUT2D eigenvalue weighted by Gasteiger charge is -2.41. The van der Waals surface area contributed by atoms with Gasteiger partial charge in [-0.25, -0.2) is 0 Å². The first-order valence-electron chi connectivity index (χ1n) is 13.3. The maximum Gasteiger partial charge on any atom is 0.229 e. The van der Waals surface area contributed by atoms with Crippen molar-refractivity contribution in [2.24, 2.45) is 0 Å². The predicted molar refractivity (Wildman–Crippen MR) is 137 cm³/mol. The Morgan fingerprint density at radius 3 is 1.81 bits per heavy atom. The van der Waals surface area contributed by atoms with Crippen LogP contribution in [0.4, 0.5) is 0 Å². The number of phenolic OH excluding ortho intramolecular Hbond substituents is 2. The van der Waals surface area contributed by atoms with E-state index >= 15 is 0 Å². The van der Waals surface area contributed by atoms with Gasteiger partial charge in [-0.3, -0.25) is 4.79 Å². The van der Waals surface area contributed by atoms with Crippen molar-refractivity contribution < 1.29 is 79.5 Å². The quantitative estimate of drug-likeness (QED) is 0.151. The summed E-state index contributed by atoms with van der Waals surface area (Å²) < 4.78 is 28.0. The monoisotopic (exact) mass is 612 g/mol. The van der Waals surface area contributed by atoms with Gasteiger partial charge in [0.2, 0.25) is 18.3 Å². The van der Waals surface area contributed by atoms with Crippen LogP contribution in [0, 0.1) is 0 Å². The van der Waals surface area contributed by atoms with Gasteiger partial charge in [0, 0.05) is 6.07 Å².